The highest BCUT2D eigenvalue weighted by molar-refractivity contribution is 5.80. The zero-order valence-corrected chi connectivity index (χ0v) is 14.2. The first-order valence-electron chi connectivity index (χ1n) is 8.54. The van der Waals surface area contributed by atoms with Crippen LogP contribution in [0.2, 0.25) is 0 Å². The maximum Gasteiger partial charge on any atom is 0.191 e. The number of nitrogens with one attached hydrogen (secondary N) is 2. The summed E-state index contributed by atoms with van der Waals surface area (Å²) in [7, 11) is 0. The average Bonchev–Trinajstić information content (AvgIpc) is 3.02. The van der Waals surface area contributed by atoms with Crippen LogP contribution in [0, 0.1) is 0 Å². The number of likely N-dealkylation sites (tertiary alicyclic amines) is 1. The van der Waals surface area contributed by atoms with Crippen LogP contribution < -0.4 is 10.6 Å². The molecule has 22 heavy (non-hydrogen) atoms. The second-order valence-electron chi connectivity index (χ2n) is 6.19. The van der Waals surface area contributed by atoms with E-state index in [1.807, 2.05) is 0 Å². The standard InChI is InChI=1S/C18H30N4/c1-4-19-18(21-15(2)3)20-14-17(22-12-8-9-13-22)16-10-6-5-7-11-16/h5-7,10-11,15,17H,4,8-9,12-14H2,1-3H3,(H2,19,20,21). The highest BCUT2D eigenvalue weighted by Gasteiger charge is 2.23. The van der Waals surface area contributed by atoms with Crippen molar-refractivity contribution in [3.05, 3.63) is 35.9 Å². The molecule has 1 atom stereocenters. The zero-order chi connectivity index (χ0) is 15.8. The summed E-state index contributed by atoms with van der Waals surface area (Å²) < 4.78 is 0. The van der Waals surface area contributed by atoms with Crippen LogP contribution in [-0.4, -0.2) is 43.1 Å². The molecule has 2 rings (SSSR count). The van der Waals surface area contributed by atoms with Crippen molar-refractivity contribution in [1.82, 2.24) is 15.5 Å². The molecule has 4 nitrogen and oxygen atoms in total. The van der Waals surface area contributed by atoms with Gasteiger partial charge in [0.25, 0.3) is 0 Å². The smallest absolute Gasteiger partial charge is 0.191 e. The number of hydrogen-bond acceptors (Lipinski definition) is 2. The van der Waals surface area contributed by atoms with Crippen LogP contribution in [0.3, 0.4) is 0 Å². The summed E-state index contributed by atoms with van der Waals surface area (Å²) in [5.41, 5.74) is 1.37. The first kappa shape index (κ1) is 16.8. The van der Waals surface area contributed by atoms with E-state index >= 15 is 0 Å². The van der Waals surface area contributed by atoms with Crippen molar-refractivity contribution < 1.29 is 0 Å². The van der Waals surface area contributed by atoms with Gasteiger partial charge in [0.05, 0.1) is 12.6 Å². The third-order valence-electron chi connectivity index (χ3n) is 3.96. The molecule has 1 heterocycles. The van der Waals surface area contributed by atoms with Gasteiger partial charge in [-0.1, -0.05) is 30.3 Å². The third kappa shape index (κ3) is 5.02. The number of nitrogens with zero attached hydrogens (tertiary/aromatic N) is 2. The summed E-state index contributed by atoms with van der Waals surface area (Å²) >= 11 is 0. The van der Waals surface area contributed by atoms with E-state index in [0.29, 0.717) is 12.1 Å². The van der Waals surface area contributed by atoms with E-state index in [1.54, 1.807) is 0 Å². The molecule has 0 radical (unpaired) electrons. The summed E-state index contributed by atoms with van der Waals surface area (Å²) in [5.74, 6) is 0.914. The maximum absolute atomic E-state index is 4.83. The van der Waals surface area contributed by atoms with Gasteiger partial charge >= 0.3 is 0 Å². The summed E-state index contributed by atoms with van der Waals surface area (Å²) in [4.78, 5) is 7.39. The Morgan fingerprint density at radius 2 is 1.86 bits per heavy atom. The lowest BCUT2D eigenvalue weighted by molar-refractivity contribution is 0.251. The van der Waals surface area contributed by atoms with Gasteiger partial charge in [0.1, 0.15) is 0 Å². The summed E-state index contributed by atoms with van der Waals surface area (Å²) in [6, 6.07) is 11.5. The van der Waals surface area contributed by atoms with Gasteiger partial charge in [0, 0.05) is 12.6 Å². The van der Waals surface area contributed by atoms with Gasteiger partial charge in [-0.05, 0) is 52.3 Å². The molecule has 0 amide bonds. The first-order chi connectivity index (χ1) is 10.7. The number of guanidine groups is 1. The van der Waals surface area contributed by atoms with Crippen molar-refractivity contribution in [1.29, 1.82) is 0 Å². The van der Waals surface area contributed by atoms with Gasteiger partial charge in [-0.3, -0.25) is 9.89 Å². The molecule has 0 saturated carbocycles. The lowest BCUT2D eigenvalue weighted by Gasteiger charge is -2.27. The molecule has 0 spiro atoms. The summed E-state index contributed by atoms with van der Waals surface area (Å²) in [6.45, 7) is 10.4. The van der Waals surface area contributed by atoms with Crippen molar-refractivity contribution in [3.63, 3.8) is 0 Å². The van der Waals surface area contributed by atoms with Crippen LogP contribution in [-0.2, 0) is 0 Å². The van der Waals surface area contributed by atoms with Crippen LogP contribution >= 0.6 is 0 Å². The van der Waals surface area contributed by atoms with Crippen molar-refractivity contribution in [2.24, 2.45) is 4.99 Å². The van der Waals surface area contributed by atoms with Gasteiger partial charge in [-0.15, -0.1) is 0 Å². The first-order valence-corrected chi connectivity index (χ1v) is 8.54. The molecule has 1 aliphatic rings. The van der Waals surface area contributed by atoms with Gasteiger partial charge in [0.2, 0.25) is 0 Å². The number of aliphatic imine (C=N–C) groups is 1. The van der Waals surface area contributed by atoms with Crippen LogP contribution in [0.4, 0.5) is 0 Å². The van der Waals surface area contributed by atoms with Gasteiger partial charge < -0.3 is 10.6 Å². The molecule has 0 bridgehead atoms. The van der Waals surface area contributed by atoms with Crippen molar-refractivity contribution in [3.8, 4) is 0 Å². The minimum absolute atomic E-state index is 0.381. The number of hydrogen-bond donors (Lipinski definition) is 2. The quantitative estimate of drug-likeness (QED) is 0.627. The second-order valence-corrected chi connectivity index (χ2v) is 6.19. The molecule has 0 aromatic heterocycles. The molecule has 0 aliphatic carbocycles. The number of benzene rings is 1. The van der Waals surface area contributed by atoms with Crippen LogP contribution in [0.5, 0.6) is 0 Å². The predicted molar refractivity (Wildman–Crippen MR) is 94.2 cm³/mol. The molecule has 1 aromatic rings. The molecule has 4 heteroatoms. The van der Waals surface area contributed by atoms with E-state index < -0.39 is 0 Å². The van der Waals surface area contributed by atoms with E-state index in [1.165, 1.54) is 31.5 Å². The van der Waals surface area contributed by atoms with Gasteiger partial charge in [-0.2, -0.15) is 0 Å². The minimum atomic E-state index is 0.381. The molecule has 1 fully saturated rings. The largest absolute Gasteiger partial charge is 0.357 e. The van der Waals surface area contributed by atoms with Crippen LogP contribution in [0.25, 0.3) is 0 Å². The molecule has 1 unspecified atom stereocenters. The fourth-order valence-electron chi connectivity index (χ4n) is 2.93. The Morgan fingerprint density at radius 3 is 2.45 bits per heavy atom. The molecule has 1 saturated heterocycles. The fraction of sp³-hybridized carbons (Fsp3) is 0.611. The Bertz CT molecular complexity index is 449. The Balaban J connectivity index is 2.11. The Hall–Kier alpha value is -1.55. The van der Waals surface area contributed by atoms with E-state index in [2.05, 4.69) is 66.6 Å². The molecular formula is C18H30N4. The van der Waals surface area contributed by atoms with Crippen molar-refractivity contribution in [2.45, 2.75) is 45.7 Å². The molecule has 2 N–H and O–H groups in total. The van der Waals surface area contributed by atoms with Gasteiger partial charge in [0.15, 0.2) is 5.96 Å². The van der Waals surface area contributed by atoms with Crippen LogP contribution in [0.1, 0.15) is 45.2 Å². The van der Waals surface area contributed by atoms with E-state index in [-0.39, 0.29) is 0 Å². The minimum Gasteiger partial charge on any atom is -0.357 e. The maximum atomic E-state index is 4.83. The highest BCUT2D eigenvalue weighted by Crippen LogP contribution is 2.25. The average molecular weight is 302 g/mol. The third-order valence-corrected chi connectivity index (χ3v) is 3.96. The predicted octanol–water partition coefficient (Wildman–Crippen LogP) is 2.79. The Kier molecular flexibility index (Phi) is 6.72. The Morgan fingerprint density at radius 1 is 1.18 bits per heavy atom. The van der Waals surface area contributed by atoms with E-state index in [0.717, 1.165) is 19.0 Å². The SMILES string of the molecule is CCNC(=NCC(c1ccccc1)N1CCCC1)NC(C)C. The van der Waals surface area contributed by atoms with Crippen LogP contribution in [0.15, 0.2) is 35.3 Å². The van der Waals surface area contributed by atoms with E-state index in [4.69, 9.17) is 4.99 Å². The molecule has 1 aliphatic heterocycles. The van der Waals surface area contributed by atoms with Crippen molar-refractivity contribution >= 4 is 5.96 Å². The van der Waals surface area contributed by atoms with Crippen molar-refractivity contribution in [2.75, 3.05) is 26.2 Å². The normalized spacial score (nSPS) is 17.7. The topological polar surface area (TPSA) is 39.7 Å². The summed E-state index contributed by atoms with van der Waals surface area (Å²) in [5, 5.41) is 6.73. The molecule has 1 aromatic carbocycles. The Labute approximate surface area is 135 Å². The lowest BCUT2D eigenvalue weighted by atomic mass is 10.1. The van der Waals surface area contributed by atoms with Gasteiger partial charge in [-0.25, -0.2) is 0 Å². The lowest BCUT2D eigenvalue weighted by Crippen LogP contribution is -2.41. The second kappa shape index (κ2) is 8.79. The number of rotatable bonds is 6. The van der Waals surface area contributed by atoms with E-state index in [9.17, 15) is 0 Å². The highest BCUT2D eigenvalue weighted by atomic mass is 15.2. The molecule has 122 valence electrons. The summed E-state index contributed by atoms with van der Waals surface area (Å²) in [6.07, 6.45) is 2.61. The molecular weight excluding hydrogens is 272 g/mol. The monoisotopic (exact) mass is 302 g/mol. The fourth-order valence-corrected chi connectivity index (χ4v) is 2.93. The zero-order valence-electron chi connectivity index (χ0n) is 14.2.